The third-order valence-electron chi connectivity index (χ3n) is 2.99. The summed E-state index contributed by atoms with van der Waals surface area (Å²) in [6, 6.07) is 0. The van der Waals surface area contributed by atoms with Crippen LogP contribution in [0, 0.1) is 0 Å². The van der Waals surface area contributed by atoms with E-state index in [1.165, 1.54) is 17.3 Å². The fourth-order valence-corrected chi connectivity index (χ4v) is 2.04. The standard InChI is InChI=1S/C10H14N8O/c1-10(19)2-3-17(4-10)8-14-7(11)15-9(16-8)18-6-12-5-13-18/h5-6,19H,2-4H2,1H3,(H2,11,14,15,16). The summed E-state index contributed by atoms with van der Waals surface area (Å²) in [5, 5.41) is 13.9. The van der Waals surface area contributed by atoms with E-state index >= 15 is 0 Å². The Hall–Kier alpha value is -2.29. The molecule has 1 aliphatic rings. The number of hydrogen-bond donors (Lipinski definition) is 2. The Morgan fingerprint density at radius 2 is 2.11 bits per heavy atom. The van der Waals surface area contributed by atoms with Gasteiger partial charge in [-0.05, 0) is 13.3 Å². The monoisotopic (exact) mass is 262 g/mol. The van der Waals surface area contributed by atoms with Gasteiger partial charge >= 0.3 is 0 Å². The molecule has 0 aliphatic carbocycles. The van der Waals surface area contributed by atoms with Gasteiger partial charge in [0.2, 0.25) is 11.9 Å². The highest BCUT2D eigenvalue weighted by Gasteiger charge is 2.33. The molecule has 9 nitrogen and oxygen atoms in total. The first-order valence-electron chi connectivity index (χ1n) is 5.87. The Kier molecular flexibility index (Phi) is 2.56. The highest BCUT2D eigenvalue weighted by Crippen LogP contribution is 2.24. The van der Waals surface area contributed by atoms with Gasteiger partial charge in [0.15, 0.2) is 0 Å². The van der Waals surface area contributed by atoms with Gasteiger partial charge in [-0.15, -0.1) is 0 Å². The van der Waals surface area contributed by atoms with Crippen molar-refractivity contribution in [1.29, 1.82) is 0 Å². The SMILES string of the molecule is CC1(O)CCN(c2nc(N)nc(-n3cncn3)n2)C1. The van der Waals surface area contributed by atoms with Gasteiger partial charge in [0.25, 0.3) is 5.95 Å². The van der Waals surface area contributed by atoms with E-state index < -0.39 is 5.60 Å². The van der Waals surface area contributed by atoms with E-state index in [9.17, 15) is 5.11 Å². The third-order valence-corrected chi connectivity index (χ3v) is 2.99. The second-order valence-electron chi connectivity index (χ2n) is 4.80. The van der Waals surface area contributed by atoms with Crippen molar-refractivity contribution in [1.82, 2.24) is 29.7 Å². The molecule has 0 aromatic carbocycles. The van der Waals surface area contributed by atoms with Gasteiger partial charge in [0.1, 0.15) is 12.7 Å². The summed E-state index contributed by atoms with van der Waals surface area (Å²) in [5.74, 6) is 0.865. The smallest absolute Gasteiger partial charge is 0.258 e. The molecular weight excluding hydrogens is 248 g/mol. The van der Waals surface area contributed by atoms with Crippen molar-refractivity contribution in [2.45, 2.75) is 18.9 Å². The quantitative estimate of drug-likeness (QED) is 0.707. The van der Waals surface area contributed by atoms with Gasteiger partial charge < -0.3 is 15.7 Å². The molecule has 2 aromatic rings. The maximum atomic E-state index is 9.98. The van der Waals surface area contributed by atoms with Crippen LogP contribution in [0.15, 0.2) is 12.7 Å². The molecule has 0 amide bonds. The van der Waals surface area contributed by atoms with E-state index in [1.54, 1.807) is 6.92 Å². The van der Waals surface area contributed by atoms with E-state index in [0.717, 1.165) is 0 Å². The van der Waals surface area contributed by atoms with Crippen LogP contribution in [0.4, 0.5) is 11.9 Å². The van der Waals surface area contributed by atoms with E-state index in [4.69, 9.17) is 5.73 Å². The Balaban J connectivity index is 1.95. The molecule has 2 aromatic heterocycles. The molecule has 3 heterocycles. The number of nitrogens with zero attached hydrogens (tertiary/aromatic N) is 7. The van der Waals surface area contributed by atoms with Crippen LogP contribution >= 0.6 is 0 Å². The lowest BCUT2D eigenvalue weighted by Crippen LogP contribution is -2.31. The van der Waals surface area contributed by atoms with Gasteiger partial charge in [-0.3, -0.25) is 0 Å². The van der Waals surface area contributed by atoms with Gasteiger partial charge in [0, 0.05) is 13.1 Å². The first-order valence-corrected chi connectivity index (χ1v) is 5.87. The average molecular weight is 262 g/mol. The number of rotatable bonds is 2. The van der Waals surface area contributed by atoms with Crippen LogP contribution in [0.5, 0.6) is 0 Å². The Bertz CT molecular complexity index is 581. The lowest BCUT2D eigenvalue weighted by molar-refractivity contribution is 0.0838. The zero-order chi connectivity index (χ0) is 13.5. The fraction of sp³-hybridized carbons (Fsp3) is 0.500. The lowest BCUT2D eigenvalue weighted by Gasteiger charge is -2.19. The van der Waals surface area contributed by atoms with Crippen molar-refractivity contribution < 1.29 is 5.11 Å². The topological polar surface area (TPSA) is 119 Å². The van der Waals surface area contributed by atoms with Crippen LogP contribution < -0.4 is 10.6 Å². The summed E-state index contributed by atoms with van der Waals surface area (Å²) in [7, 11) is 0. The molecule has 0 radical (unpaired) electrons. The minimum atomic E-state index is -0.727. The second-order valence-corrected chi connectivity index (χ2v) is 4.80. The molecule has 0 saturated carbocycles. The number of β-amino-alcohol motifs (C(OH)–C–C–N with tert-alkyl or cyclic N) is 1. The zero-order valence-corrected chi connectivity index (χ0v) is 10.4. The lowest BCUT2D eigenvalue weighted by atomic mass is 10.1. The van der Waals surface area contributed by atoms with Gasteiger partial charge in [-0.1, -0.05) is 0 Å². The summed E-state index contributed by atoms with van der Waals surface area (Å²) < 4.78 is 1.41. The predicted octanol–water partition coefficient (Wildman–Crippen LogP) is -1.00. The first kappa shape index (κ1) is 11.8. The van der Waals surface area contributed by atoms with Crippen molar-refractivity contribution in [3.63, 3.8) is 0 Å². The molecule has 1 saturated heterocycles. The van der Waals surface area contributed by atoms with Crippen LogP contribution in [0.1, 0.15) is 13.3 Å². The Morgan fingerprint density at radius 3 is 2.74 bits per heavy atom. The Morgan fingerprint density at radius 1 is 1.32 bits per heavy atom. The van der Waals surface area contributed by atoms with Crippen LogP contribution in [-0.2, 0) is 0 Å². The maximum Gasteiger partial charge on any atom is 0.258 e. The third kappa shape index (κ3) is 2.32. The molecule has 3 rings (SSSR count). The fourth-order valence-electron chi connectivity index (χ4n) is 2.04. The summed E-state index contributed by atoms with van der Waals surface area (Å²) in [6.07, 6.45) is 3.54. The highest BCUT2D eigenvalue weighted by molar-refractivity contribution is 5.39. The van der Waals surface area contributed by atoms with Crippen molar-refractivity contribution in [2.75, 3.05) is 23.7 Å². The molecular formula is C10H14N8O. The van der Waals surface area contributed by atoms with E-state index in [-0.39, 0.29) is 5.95 Å². The first-order chi connectivity index (χ1) is 9.03. The number of aromatic nitrogens is 6. The molecule has 9 heteroatoms. The van der Waals surface area contributed by atoms with Gasteiger partial charge in [-0.2, -0.15) is 24.7 Å². The summed E-state index contributed by atoms with van der Waals surface area (Å²) >= 11 is 0. The van der Waals surface area contributed by atoms with Crippen molar-refractivity contribution in [3.05, 3.63) is 12.7 Å². The van der Waals surface area contributed by atoms with Crippen molar-refractivity contribution in [2.24, 2.45) is 0 Å². The summed E-state index contributed by atoms with van der Waals surface area (Å²) in [4.78, 5) is 18.1. The van der Waals surface area contributed by atoms with E-state index in [1.807, 2.05) is 4.90 Å². The number of nitrogen functional groups attached to an aromatic ring is 1. The zero-order valence-electron chi connectivity index (χ0n) is 10.4. The number of hydrogen-bond acceptors (Lipinski definition) is 8. The largest absolute Gasteiger partial charge is 0.388 e. The van der Waals surface area contributed by atoms with Gasteiger partial charge in [0.05, 0.1) is 5.60 Å². The van der Waals surface area contributed by atoms with Crippen LogP contribution in [-0.4, -0.2) is 53.5 Å². The highest BCUT2D eigenvalue weighted by atomic mass is 16.3. The minimum absolute atomic E-state index is 0.113. The van der Waals surface area contributed by atoms with Crippen molar-refractivity contribution >= 4 is 11.9 Å². The summed E-state index contributed by atoms with van der Waals surface area (Å²) in [5.41, 5.74) is 4.96. The minimum Gasteiger partial charge on any atom is -0.388 e. The molecule has 1 fully saturated rings. The molecule has 0 spiro atoms. The second kappa shape index (κ2) is 4.12. The molecule has 100 valence electrons. The molecule has 1 atom stereocenters. The molecule has 19 heavy (non-hydrogen) atoms. The predicted molar refractivity (Wildman–Crippen MR) is 66.6 cm³/mol. The maximum absolute atomic E-state index is 9.98. The van der Waals surface area contributed by atoms with Crippen LogP contribution in [0.2, 0.25) is 0 Å². The van der Waals surface area contributed by atoms with E-state index in [2.05, 4.69) is 25.0 Å². The molecule has 0 bridgehead atoms. The average Bonchev–Trinajstić information content (AvgIpc) is 2.97. The number of aliphatic hydroxyl groups is 1. The summed E-state index contributed by atoms with van der Waals surface area (Å²) in [6.45, 7) is 2.93. The van der Waals surface area contributed by atoms with Crippen LogP contribution in [0.3, 0.4) is 0 Å². The van der Waals surface area contributed by atoms with E-state index in [0.29, 0.717) is 31.4 Å². The normalized spacial score (nSPS) is 22.9. The molecule has 1 aliphatic heterocycles. The van der Waals surface area contributed by atoms with Gasteiger partial charge in [-0.25, -0.2) is 4.98 Å². The van der Waals surface area contributed by atoms with Crippen LogP contribution in [0.25, 0.3) is 5.95 Å². The van der Waals surface area contributed by atoms with Crippen molar-refractivity contribution in [3.8, 4) is 5.95 Å². The Labute approximate surface area is 109 Å². The number of anilines is 2. The molecule has 1 unspecified atom stereocenters. The molecule has 3 N–H and O–H groups in total. The number of nitrogens with two attached hydrogens (primary N) is 1.